The zero-order valence-corrected chi connectivity index (χ0v) is 14.9. The van der Waals surface area contributed by atoms with E-state index in [1.54, 1.807) is 18.7 Å². The maximum Gasteiger partial charge on any atom is 0.278 e. The summed E-state index contributed by atoms with van der Waals surface area (Å²) in [6.45, 7) is 3.65. The highest BCUT2D eigenvalue weighted by molar-refractivity contribution is 6.34. The summed E-state index contributed by atoms with van der Waals surface area (Å²) in [5.41, 5.74) is 2.78. The summed E-state index contributed by atoms with van der Waals surface area (Å²) >= 11 is 5.79. The molecule has 3 heterocycles. The van der Waals surface area contributed by atoms with Crippen molar-refractivity contribution in [3.05, 3.63) is 46.0 Å². The van der Waals surface area contributed by atoms with Crippen LogP contribution in [-0.2, 0) is 21.5 Å². The molecule has 2 aliphatic heterocycles. The van der Waals surface area contributed by atoms with Crippen LogP contribution in [0.25, 0.3) is 0 Å². The number of anilines is 1. The molecule has 0 saturated carbocycles. The Labute approximate surface area is 153 Å². The van der Waals surface area contributed by atoms with Gasteiger partial charge in [-0.2, -0.15) is 5.10 Å². The molecule has 0 aliphatic carbocycles. The molecule has 9 heteroatoms. The Morgan fingerprint density at radius 2 is 1.96 bits per heavy atom. The van der Waals surface area contributed by atoms with Crippen LogP contribution in [0, 0.1) is 25.6 Å². The van der Waals surface area contributed by atoms with Gasteiger partial charge in [0.2, 0.25) is 12.0 Å². The second-order valence-electron chi connectivity index (χ2n) is 6.26. The van der Waals surface area contributed by atoms with E-state index < -0.39 is 29.7 Å². The average molecular weight is 377 g/mol. The van der Waals surface area contributed by atoms with Crippen molar-refractivity contribution >= 4 is 34.8 Å². The lowest BCUT2D eigenvalue weighted by atomic mass is 9.93. The second-order valence-corrected chi connectivity index (χ2v) is 6.67. The summed E-state index contributed by atoms with van der Waals surface area (Å²) in [6, 6.07) is 3.68. The quantitative estimate of drug-likeness (QED) is 0.752. The number of rotatable bonds is 2. The second kappa shape index (κ2) is 5.63. The summed E-state index contributed by atoms with van der Waals surface area (Å²) in [4.78, 5) is 31.9. The monoisotopic (exact) mass is 376 g/mol. The minimum atomic E-state index is -1.04. The van der Waals surface area contributed by atoms with E-state index in [4.69, 9.17) is 16.4 Å². The van der Waals surface area contributed by atoms with Gasteiger partial charge in [0.05, 0.1) is 16.4 Å². The molecule has 1 aromatic carbocycles. The predicted octanol–water partition coefficient (Wildman–Crippen LogP) is 2.12. The molecule has 1 saturated heterocycles. The van der Waals surface area contributed by atoms with Gasteiger partial charge in [-0.1, -0.05) is 16.8 Å². The molecular formula is C17H14ClFN4O3. The summed E-state index contributed by atoms with van der Waals surface area (Å²) < 4.78 is 15.1. The molecule has 1 fully saturated rings. The van der Waals surface area contributed by atoms with Crippen molar-refractivity contribution in [3.63, 3.8) is 0 Å². The first-order chi connectivity index (χ1) is 12.3. The van der Waals surface area contributed by atoms with Gasteiger partial charge in [-0.05, 0) is 32.0 Å². The lowest BCUT2D eigenvalue weighted by molar-refractivity contribution is -0.126. The van der Waals surface area contributed by atoms with Crippen LogP contribution in [0.15, 0.2) is 23.4 Å². The van der Waals surface area contributed by atoms with Crippen LogP contribution < -0.4 is 4.90 Å². The molecule has 2 aromatic rings. The summed E-state index contributed by atoms with van der Waals surface area (Å²) in [7, 11) is 1.79. The third-order valence-electron chi connectivity index (χ3n) is 4.74. The number of halogens is 2. The fraction of sp³-hybridized carbons (Fsp3) is 0.294. The van der Waals surface area contributed by atoms with Crippen molar-refractivity contribution in [2.75, 3.05) is 4.90 Å². The van der Waals surface area contributed by atoms with Crippen LogP contribution >= 0.6 is 11.6 Å². The summed E-state index contributed by atoms with van der Waals surface area (Å²) in [5.74, 6) is -2.54. The molecule has 2 amide bonds. The molecule has 7 nitrogen and oxygen atoms in total. The number of hydrogen-bond acceptors (Lipinski definition) is 5. The molecule has 0 spiro atoms. The molecule has 26 heavy (non-hydrogen) atoms. The topological polar surface area (TPSA) is 76.8 Å². The number of hydrogen-bond donors (Lipinski definition) is 0. The molecule has 1 aromatic heterocycles. The maximum absolute atomic E-state index is 13.4. The Kier molecular flexibility index (Phi) is 3.62. The molecule has 0 N–H and O–H groups in total. The van der Waals surface area contributed by atoms with Gasteiger partial charge in [0.15, 0.2) is 0 Å². The van der Waals surface area contributed by atoms with E-state index in [1.165, 1.54) is 12.1 Å². The van der Waals surface area contributed by atoms with E-state index in [0.29, 0.717) is 17.0 Å². The first-order valence-corrected chi connectivity index (χ1v) is 8.26. The highest BCUT2D eigenvalue weighted by atomic mass is 35.5. The third kappa shape index (κ3) is 2.18. The van der Waals surface area contributed by atoms with Crippen LogP contribution in [0.3, 0.4) is 0 Å². The number of aryl methyl sites for hydroxylation is 2. The molecule has 2 unspecified atom stereocenters. The van der Waals surface area contributed by atoms with Crippen molar-refractivity contribution in [1.82, 2.24) is 9.78 Å². The smallest absolute Gasteiger partial charge is 0.278 e. The Bertz CT molecular complexity index is 1000. The predicted molar refractivity (Wildman–Crippen MR) is 91.5 cm³/mol. The van der Waals surface area contributed by atoms with E-state index in [2.05, 4.69) is 10.3 Å². The van der Waals surface area contributed by atoms with Crippen molar-refractivity contribution in [2.45, 2.75) is 20.0 Å². The lowest BCUT2D eigenvalue weighted by Gasteiger charge is -2.15. The maximum atomic E-state index is 13.4. The summed E-state index contributed by atoms with van der Waals surface area (Å²) in [5, 5.41) is 8.15. The van der Waals surface area contributed by atoms with E-state index >= 15 is 0 Å². The van der Waals surface area contributed by atoms with Gasteiger partial charge in [0.1, 0.15) is 17.4 Å². The fourth-order valence-electron chi connectivity index (χ4n) is 3.41. The van der Waals surface area contributed by atoms with Crippen LogP contribution in [0.1, 0.15) is 17.0 Å². The van der Waals surface area contributed by atoms with E-state index in [0.717, 1.165) is 16.7 Å². The third-order valence-corrected chi connectivity index (χ3v) is 5.03. The first-order valence-electron chi connectivity index (χ1n) is 7.88. The number of nitrogens with zero attached hydrogens (tertiary/aromatic N) is 4. The molecule has 134 valence electrons. The molecule has 2 atom stereocenters. The molecule has 4 rings (SSSR count). The van der Waals surface area contributed by atoms with Gasteiger partial charge in [-0.3, -0.25) is 14.3 Å². The largest absolute Gasteiger partial charge is 0.381 e. The van der Waals surface area contributed by atoms with Crippen LogP contribution in [0.4, 0.5) is 10.1 Å². The Hall–Kier alpha value is -2.74. The van der Waals surface area contributed by atoms with E-state index in [-0.39, 0.29) is 10.7 Å². The Balaban J connectivity index is 1.75. The van der Waals surface area contributed by atoms with Crippen molar-refractivity contribution in [3.8, 4) is 0 Å². The minimum absolute atomic E-state index is 0.172. The van der Waals surface area contributed by atoms with Gasteiger partial charge in [-0.15, -0.1) is 0 Å². The van der Waals surface area contributed by atoms with Gasteiger partial charge < -0.3 is 4.84 Å². The number of fused-ring (bicyclic) bond motifs is 1. The Morgan fingerprint density at radius 1 is 1.23 bits per heavy atom. The van der Waals surface area contributed by atoms with Crippen molar-refractivity contribution in [1.29, 1.82) is 0 Å². The molecular weight excluding hydrogens is 363 g/mol. The average Bonchev–Trinajstić information content (AvgIpc) is 3.19. The number of carbonyl (C=O) groups is 2. The minimum Gasteiger partial charge on any atom is -0.381 e. The van der Waals surface area contributed by atoms with E-state index in [1.807, 2.05) is 6.92 Å². The van der Waals surface area contributed by atoms with Crippen molar-refractivity contribution < 1.29 is 18.8 Å². The van der Waals surface area contributed by atoms with Crippen LogP contribution in [-0.4, -0.2) is 33.4 Å². The molecule has 0 bridgehead atoms. The highest BCUT2D eigenvalue weighted by Gasteiger charge is 2.56. The Morgan fingerprint density at radius 3 is 2.58 bits per heavy atom. The van der Waals surface area contributed by atoms with Crippen LogP contribution in [0.2, 0.25) is 5.02 Å². The number of carbonyl (C=O) groups excluding carboxylic acids is 2. The molecule has 2 aliphatic rings. The van der Waals surface area contributed by atoms with Gasteiger partial charge in [0, 0.05) is 18.3 Å². The molecule has 0 radical (unpaired) electrons. The zero-order chi connectivity index (χ0) is 18.7. The number of amides is 2. The standard InChI is InChI=1S/C17H14ClFN4O3/c1-7-12(8(2)22(3)20-7)14-13-15(26-21-14)17(25)23(16(13)24)9-4-5-11(19)10(18)6-9/h4-6,13,15H,1-3H3. The fourth-order valence-corrected chi connectivity index (χ4v) is 3.58. The normalized spacial score (nSPS) is 21.9. The van der Waals surface area contributed by atoms with Crippen molar-refractivity contribution in [2.24, 2.45) is 18.1 Å². The van der Waals surface area contributed by atoms with Crippen LogP contribution in [0.5, 0.6) is 0 Å². The number of imide groups is 1. The lowest BCUT2D eigenvalue weighted by Crippen LogP contribution is -2.33. The highest BCUT2D eigenvalue weighted by Crippen LogP contribution is 2.37. The zero-order valence-electron chi connectivity index (χ0n) is 14.2. The first kappa shape index (κ1) is 16.7. The summed E-state index contributed by atoms with van der Waals surface area (Å²) in [6.07, 6.45) is -1.04. The number of oxime groups is 1. The van der Waals surface area contributed by atoms with E-state index in [9.17, 15) is 14.0 Å². The van der Waals surface area contributed by atoms with Gasteiger partial charge in [-0.25, -0.2) is 9.29 Å². The number of benzene rings is 1. The van der Waals surface area contributed by atoms with Gasteiger partial charge >= 0.3 is 0 Å². The SMILES string of the molecule is Cc1nn(C)c(C)c1C1=NOC2C(=O)N(c3ccc(F)c(Cl)c3)C(=O)C12. The number of aromatic nitrogens is 2. The van der Waals surface area contributed by atoms with Gasteiger partial charge in [0.25, 0.3) is 5.91 Å².